The molecular formula is C83H53N7Si. The summed E-state index contributed by atoms with van der Waals surface area (Å²) in [5, 5.41) is -2.14. The van der Waals surface area contributed by atoms with Gasteiger partial charge < -0.3 is 4.90 Å². The Morgan fingerprint density at radius 1 is 0.374 bits per heavy atom. The average Bonchev–Trinajstić information content (AvgIpc) is 1.68. The summed E-state index contributed by atoms with van der Waals surface area (Å²) in [7, 11) is -5.11. The van der Waals surface area contributed by atoms with Gasteiger partial charge in [0.25, 0.3) is 0 Å². The summed E-state index contributed by atoms with van der Waals surface area (Å²) < 4.78 is 223. The Balaban J connectivity index is 0.943. The van der Waals surface area contributed by atoms with Crippen molar-refractivity contribution in [1.29, 1.82) is 0 Å². The van der Waals surface area contributed by atoms with Crippen LogP contribution in [0, 0.1) is 6.57 Å². The summed E-state index contributed by atoms with van der Waals surface area (Å²) in [6, 6.07) is 38.6. The summed E-state index contributed by atoms with van der Waals surface area (Å²) in [5.74, 6) is -2.59. The first-order valence-corrected chi connectivity index (χ1v) is 31.0. The van der Waals surface area contributed by atoms with Crippen molar-refractivity contribution < 1.29 is 31.5 Å². The van der Waals surface area contributed by atoms with Gasteiger partial charge in [-0.25, -0.2) is 4.85 Å². The molecule has 424 valence electrons. The highest BCUT2D eigenvalue weighted by molar-refractivity contribution is 7.20. The lowest BCUT2D eigenvalue weighted by atomic mass is 9.64. The predicted octanol–water partition coefficient (Wildman–Crippen LogP) is 17.5. The number of nitrogens with zero attached hydrogens (tertiary/aromatic N) is 7. The number of anilines is 3. The zero-order chi connectivity index (χ0) is 80.2. The van der Waals surface area contributed by atoms with Crippen molar-refractivity contribution in [1.82, 2.24) is 24.1 Å². The van der Waals surface area contributed by atoms with Gasteiger partial charge in [0, 0.05) is 35.5 Å². The van der Waals surface area contributed by atoms with Gasteiger partial charge in [-0.15, -0.1) is 0 Å². The molecule has 13 aromatic carbocycles. The van der Waals surface area contributed by atoms with Crippen LogP contribution >= 0.6 is 0 Å². The van der Waals surface area contributed by atoms with Crippen LogP contribution in [0.2, 0.25) is 0 Å². The minimum absolute atomic E-state index is 0.107. The minimum atomic E-state index is -5.11. The first-order valence-electron chi connectivity index (χ1n) is 40.5. The Bertz CT molecular complexity index is 6620. The molecule has 16 aromatic rings. The van der Waals surface area contributed by atoms with Gasteiger partial charge in [0.1, 0.15) is 0 Å². The molecule has 1 aliphatic heterocycles. The number of benzene rings is 13. The molecule has 0 atom stereocenters. The summed E-state index contributed by atoms with van der Waals surface area (Å²) >= 11 is 0. The second-order valence-electron chi connectivity index (χ2n) is 21.9. The lowest BCUT2D eigenvalue weighted by Crippen LogP contribution is -2.74. The monoisotopic (exact) mass is 1200 g/mol. The second-order valence-corrected chi connectivity index (χ2v) is 25.6. The number of hydrogen-bond acceptors (Lipinski definition) is 4. The van der Waals surface area contributed by atoms with Crippen molar-refractivity contribution in [3.63, 3.8) is 0 Å². The molecule has 0 radical (unpaired) electrons. The molecule has 8 heteroatoms. The van der Waals surface area contributed by atoms with E-state index in [-0.39, 0.29) is 21.1 Å². The van der Waals surface area contributed by atoms with E-state index in [0.717, 1.165) is 59.6 Å². The van der Waals surface area contributed by atoms with Crippen molar-refractivity contribution >= 4 is 95.2 Å². The van der Waals surface area contributed by atoms with Crippen molar-refractivity contribution in [2.24, 2.45) is 0 Å². The number of para-hydroxylation sites is 7. The lowest BCUT2D eigenvalue weighted by Gasteiger charge is -2.45. The van der Waals surface area contributed by atoms with Gasteiger partial charge in [-0.2, -0.15) is 15.0 Å². The van der Waals surface area contributed by atoms with Crippen LogP contribution < -0.4 is 25.6 Å². The molecule has 18 rings (SSSR count). The molecule has 4 heterocycles. The van der Waals surface area contributed by atoms with E-state index >= 15 is 0 Å². The normalized spacial score (nSPS) is 16.4. The first kappa shape index (κ1) is 33.9. The lowest BCUT2D eigenvalue weighted by molar-refractivity contribution is 0.753. The molecule has 0 saturated carbocycles. The Labute approximate surface area is 559 Å². The number of fused-ring (bicyclic) bond motifs is 15. The third-order valence-corrected chi connectivity index (χ3v) is 21.8. The van der Waals surface area contributed by atoms with Gasteiger partial charge in [0.05, 0.1) is 74.2 Å². The fraction of sp³-hybridized carbons (Fsp3) is 0.0120. The number of hydrogen-bond donors (Lipinski definition) is 0. The van der Waals surface area contributed by atoms with Crippen LogP contribution in [0.1, 0.15) is 53.8 Å². The molecule has 1 aliphatic carbocycles. The van der Waals surface area contributed by atoms with Crippen LogP contribution in [0.3, 0.4) is 0 Å². The van der Waals surface area contributed by atoms with E-state index < -0.39 is 230 Å². The average molecular weight is 1200 g/mol. The maximum Gasteiger partial charge on any atom is 0.240 e. The highest BCUT2D eigenvalue weighted by Crippen LogP contribution is 2.63. The maximum absolute atomic E-state index is 11.1. The number of rotatable bonds is 9. The molecule has 0 unspecified atom stereocenters. The first-order chi connectivity index (χ1) is 54.7. The molecule has 0 fully saturated rings. The molecule has 3 aromatic heterocycles. The van der Waals surface area contributed by atoms with Crippen LogP contribution in [0.4, 0.5) is 22.7 Å². The molecule has 91 heavy (non-hydrogen) atoms. The SMILES string of the molecule is [2H]c1c([2H])c([Si](c2ccccc2)(c2ccccc2)c2c([2H])c([N+]#[C-])c([2H])c(-c3nc(-n4c5c([2H])c([2H])c([2H])c([2H])c5c5c([2H])c([2H])c([2H])c([2H])c54)nc(-n4c5c([2H])c([2H])c([2H])c([2H])c5c5c([2H])c([2H])c([2H])c([2H])c54)n3)c2[2H])c([2H])c([2H])c1-c1ccc2c(c1)-c1ccccc1C21c2ccccc2N(c2ccccc2)c2ccccc21. The smallest absolute Gasteiger partial charge is 0.240 e. The van der Waals surface area contributed by atoms with Crippen LogP contribution in [0.25, 0.3) is 94.0 Å². The summed E-state index contributed by atoms with van der Waals surface area (Å²) in [5.41, 5.74) is 3.74. The molecule has 0 saturated heterocycles. The van der Waals surface area contributed by atoms with Crippen LogP contribution in [0.5, 0.6) is 0 Å². The standard InChI is InChI=1S/C83H53N7Si/c1-84-58-51-57(80-85-81(89-74-39-19-12-32-65(74)66-33-13-20-40-75(66)89)87-82(86-80)90-76-41-21-14-34-67(76)68-35-15-22-42-77(68)90)52-63(54-58)91(60-27-7-3-8-28-60,61-29-9-4-10-30-61)62-48-45-55(46-49-62)56-47-50-71-69(53-56)64-31-11-16-36-70(64)83(71)72-37-17-23-43-78(72)88(59-25-5-2-6-26-59)79-44-24-18-38-73(79)83/h2-54H/i12D,13D,14D,15D,19D,20D,21D,22D,32D,33D,34D,35D,39D,40D,41D,42D,45D,46D,48D,49D,51D,52D,54D. The van der Waals surface area contributed by atoms with E-state index in [1.165, 1.54) is 0 Å². The Morgan fingerprint density at radius 2 is 0.835 bits per heavy atom. The van der Waals surface area contributed by atoms with Crippen molar-refractivity contribution in [2.45, 2.75) is 5.41 Å². The Morgan fingerprint density at radius 3 is 1.36 bits per heavy atom. The summed E-state index contributed by atoms with van der Waals surface area (Å²) in [6.07, 6.45) is 0. The molecule has 0 N–H and O–H groups in total. The van der Waals surface area contributed by atoms with Crippen molar-refractivity contribution in [3.05, 3.63) is 355 Å². The minimum Gasteiger partial charge on any atom is -0.310 e. The van der Waals surface area contributed by atoms with E-state index in [1.54, 1.807) is 66.7 Å². The van der Waals surface area contributed by atoms with Crippen molar-refractivity contribution in [3.8, 4) is 45.5 Å². The third-order valence-electron chi connectivity index (χ3n) is 17.4. The summed E-state index contributed by atoms with van der Waals surface area (Å²) in [6.45, 7) is 8.98. The van der Waals surface area contributed by atoms with Crippen LogP contribution in [0.15, 0.2) is 321 Å². The van der Waals surface area contributed by atoms with Gasteiger partial charge in [-0.1, -0.05) is 266 Å². The third kappa shape index (κ3) is 7.69. The summed E-state index contributed by atoms with van der Waals surface area (Å²) in [4.78, 5) is 20.6. The van der Waals surface area contributed by atoms with E-state index in [0.29, 0.717) is 5.56 Å². The van der Waals surface area contributed by atoms with Gasteiger partial charge in [0.2, 0.25) is 11.9 Å². The van der Waals surface area contributed by atoms with Gasteiger partial charge >= 0.3 is 0 Å². The number of aromatic nitrogens is 5. The van der Waals surface area contributed by atoms with E-state index in [1.807, 2.05) is 72.8 Å². The van der Waals surface area contributed by atoms with Crippen LogP contribution in [-0.2, 0) is 5.41 Å². The molecule has 1 spiro atoms. The van der Waals surface area contributed by atoms with E-state index in [9.17, 15) is 20.6 Å². The van der Waals surface area contributed by atoms with E-state index in [4.69, 9.17) is 32.5 Å². The second kappa shape index (κ2) is 20.5. The van der Waals surface area contributed by atoms with Gasteiger partial charge in [-0.3, -0.25) is 9.13 Å². The highest BCUT2D eigenvalue weighted by Gasteiger charge is 2.52. The fourth-order valence-electron chi connectivity index (χ4n) is 13.7. The molecule has 0 amide bonds. The molecule has 7 nitrogen and oxygen atoms in total. The topological polar surface area (TPSA) is 56.1 Å². The predicted molar refractivity (Wildman–Crippen MR) is 375 cm³/mol. The zero-order valence-electron chi connectivity index (χ0n) is 70.5. The van der Waals surface area contributed by atoms with Gasteiger partial charge in [0.15, 0.2) is 19.6 Å². The molecule has 0 bridgehead atoms. The van der Waals surface area contributed by atoms with Crippen molar-refractivity contribution in [2.75, 3.05) is 4.90 Å². The van der Waals surface area contributed by atoms with Gasteiger partial charge in [-0.05, 0) is 121 Å². The fourth-order valence-corrected chi connectivity index (χ4v) is 18.0. The molecular weight excluding hydrogens is 1120 g/mol. The largest absolute Gasteiger partial charge is 0.310 e. The quantitative estimate of drug-likeness (QED) is 0.0821. The molecule has 2 aliphatic rings. The Kier molecular flexibility index (Phi) is 7.66. The maximum atomic E-state index is 11.1. The zero-order valence-corrected chi connectivity index (χ0v) is 48.5. The highest BCUT2D eigenvalue weighted by atomic mass is 28.3. The Hall–Kier alpha value is -12.0. The van der Waals surface area contributed by atoms with Crippen LogP contribution in [-0.4, -0.2) is 32.2 Å². The van der Waals surface area contributed by atoms with E-state index in [2.05, 4.69) is 52.2 Å².